The minimum Gasteiger partial charge on any atom is -0.396 e. The van der Waals surface area contributed by atoms with Gasteiger partial charge < -0.3 is 15.3 Å². The lowest BCUT2D eigenvalue weighted by Crippen LogP contribution is -2.43. The Hall–Kier alpha value is -0.770. The van der Waals surface area contributed by atoms with E-state index in [1.165, 1.54) is 0 Å². The summed E-state index contributed by atoms with van der Waals surface area (Å²) >= 11 is 0. The molecule has 14 heavy (non-hydrogen) atoms. The zero-order valence-corrected chi connectivity index (χ0v) is 9.42. The van der Waals surface area contributed by atoms with Crippen LogP contribution in [0, 0.1) is 0 Å². The summed E-state index contributed by atoms with van der Waals surface area (Å²) in [4.78, 5) is 13.3. The fourth-order valence-electron chi connectivity index (χ4n) is 1.28. The van der Waals surface area contributed by atoms with Gasteiger partial charge in [-0.15, -0.1) is 0 Å². The second-order valence-electron chi connectivity index (χ2n) is 3.39. The second-order valence-corrected chi connectivity index (χ2v) is 3.39. The van der Waals surface area contributed by atoms with Crippen LogP contribution in [0.5, 0.6) is 0 Å². The third kappa shape index (κ3) is 5.07. The molecule has 0 rings (SSSR count). The first kappa shape index (κ1) is 13.2. The van der Waals surface area contributed by atoms with Crippen LogP contribution in [0.3, 0.4) is 0 Å². The SMILES string of the molecule is CCN(CC)C(=O)NC(C)CCCO. The van der Waals surface area contributed by atoms with E-state index in [9.17, 15) is 4.79 Å². The van der Waals surface area contributed by atoms with Crippen molar-refractivity contribution in [2.45, 2.75) is 39.7 Å². The van der Waals surface area contributed by atoms with Crippen molar-refractivity contribution in [2.75, 3.05) is 19.7 Å². The van der Waals surface area contributed by atoms with Gasteiger partial charge in [-0.25, -0.2) is 4.79 Å². The molecule has 0 aliphatic carbocycles. The Morgan fingerprint density at radius 1 is 1.43 bits per heavy atom. The standard InChI is InChI=1S/C10H22N2O2/c1-4-12(5-2)10(14)11-9(3)7-6-8-13/h9,13H,4-8H2,1-3H3,(H,11,14). The van der Waals surface area contributed by atoms with Gasteiger partial charge in [-0.2, -0.15) is 0 Å². The maximum absolute atomic E-state index is 11.5. The highest BCUT2D eigenvalue weighted by molar-refractivity contribution is 5.74. The molecule has 0 saturated carbocycles. The maximum Gasteiger partial charge on any atom is 0.317 e. The summed E-state index contributed by atoms with van der Waals surface area (Å²) in [6, 6.07) is 0.121. The molecule has 0 heterocycles. The predicted molar refractivity (Wildman–Crippen MR) is 57.2 cm³/mol. The Kier molecular flexibility index (Phi) is 7.20. The number of amides is 2. The number of hydrogen-bond acceptors (Lipinski definition) is 2. The lowest BCUT2D eigenvalue weighted by Gasteiger charge is -2.22. The molecule has 2 amide bonds. The summed E-state index contributed by atoms with van der Waals surface area (Å²) in [6.07, 6.45) is 1.56. The Bertz CT molecular complexity index is 158. The molecule has 0 bridgehead atoms. The smallest absolute Gasteiger partial charge is 0.317 e. The molecule has 0 aliphatic rings. The number of urea groups is 1. The summed E-state index contributed by atoms with van der Waals surface area (Å²) in [6.45, 7) is 7.52. The average Bonchev–Trinajstić information content (AvgIpc) is 2.16. The monoisotopic (exact) mass is 202 g/mol. The molecule has 1 atom stereocenters. The van der Waals surface area contributed by atoms with E-state index in [-0.39, 0.29) is 18.7 Å². The zero-order chi connectivity index (χ0) is 11.0. The first-order valence-corrected chi connectivity index (χ1v) is 5.31. The van der Waals surface area contributed by atoms with Gasteiger partial charge in [-0.3, -0.25) is 0 Å². The van der Waals surface area contributed by atoms with E-state index in [0.717, 1.165) is 25.9 Å². The van der Waals surface area contributed by atoms with Gasteiger partial charge in [0.1, 0.15) is 0 Å². The van der Waals surface area contributed by atoms with Crippen molar-refractivity contribution in [1.29, 1.82) is 0 Å². The topological polar surface area (TPSA) is 52.6 Å². The molecule has 2 N–H and O–H groups in total. The Morgan fingerprint density at radius 2 is 2.00 bits per heavy atom. The van der Waals surface area contributed by atoms with E-state index >= 15 is 0 Å². The molecule has 0 saturated heterocycles. The number of aliphatic hydroxyl groups excluding tert-OH is 1. The van der Waals surface area contributed by atoms with Crippen molar-refractivity contribution in [3.8, 4) is 0 Å². The molecule has 4 nitrogen and oxygen atoms in total. The van der Waals surface area contributed by atoms with E-state index in [1.54, 1.807) is 4.90 Å². The number of carbonyl (C=O) groups is 1. The summed E-state index contributed by atoms with van der Waals surface area (Å²) in [5.74, 6) is 0. The summed E-state index contributed by atoms with van der Waals surface area (Å²) in [7, 11) is 0. The molecule has 84 valence electrons. The number of rotatable bonds is 6. The van der Waals surface area contributed by atoms with Crippen LogP contribution in [-0.4, -0.2) is 41.8 Å². The van der Waals surface area contributed by atoms with Crippen molar-refractivity contribution in [1.82, 2.24) is 10.2 Å². The minimum absolute atomic E-state index is 0.0135. The third-order valence-electron chi connectivity index (χ3n) is 2.22. The van der Waals surface area contributed by atoms with Gasteiger partial charge in [-0.1, -0.05) is 0 Å². The van der Waals surface area contributed by atoms with Crippen molar-refractivity contribution in [3.63, 3.8) is 0 Å². The van der Waals surface area contributed by atoms with Crippen LogP contribution in [0.25, 0.3) is 0 Å². The van der Waals surface area contributed by atoms with Crippen molar-refractivity contribution in [2.24, 2.45) is 0 Å². The lowest BCUT2D eigenvalue weighted by molar-refractivity contribution is 0.197. The molecule has 0 spiro atoms. The Morgan fingerprint density at radius 3 is 2.43 bits per heavy atom. The van der Waals surface area contributed by atoms with Crippen LogP contribution in [0.4, 0.5) is 4.79 Å². The molecule has 0 aromatic rings. The largest absolute Gasteiger partial charge is 0.396 e. The van der Waals surface area contributed by atoms with Gasteiger partial charge in [0.15, 0.2) is 0 Å². The van der Waals surface area contributed by atoms with E-state index in [4.69, 9.17) is 5.11 Å². The van der Waals surface area contributed by atoms with E-state index in [1.807, 2.05) is 20.8 Å². The van der Waals surface area contributed by atoms with Crippen molar-refractivity contribution in [3.05, 3.63) is 0 Å². The Balaban J connectivity index is 3.79. The summed E-state index contributed by atoms with van der Waals surface area (Å²) in [5.41, 5.74) is 0. The summed E-state index contributed by atoms with van der Waals surface area (Å²) in [5, 5.41) is 11.5. The molecule has 0 aromatic heterocycles. The van der Waals surface area contributed by atoms with Gasteiger partial charge in [0.2, 0.25) is 0 Å². The van der Waals surface area contributed by atoms with E-state index in [0.29, 0.717) is 0 Å². The molecule has 1 unspecified atom stereocenters. The lowest BCUT2D eigenvalue weighted by atomic mass is 10.2. The molecule has 0 aromatic carbocycles. The minimum atomic E-state index is -0.0135. The molecule has 0 radical (unpaired) electrons. The van der Waals surface area contributed by atoms with Crippen LogP contribution in [0.15, 0.2) is 0 Å². The van der Waals surface area contributed by atoms with Crippen molar-refractivity contribution >= 4 is 6.03 Å². The highest BCUT2D eigenvalue weighted by Crippen LogP contribution is 1.97. The predicted octanol–water partition coefficient (Wildman–Crippen LogP) is 1.20. The molecule has 0 aliphatic heterocycles. The summed E-state index contributed by atoms with van der Waals surface area (Å²) < 4.78 is 0. The quantitative estimate of drug-likeness (QED) is 0.680. The van der Waals surface area contributed by atoms with Crippen molar-refractivity contribution < 1.29 is 9.90 Å². The third-order valence-corrected chi connectivity index (χ3v) is 2.22. The highest BCUT2D eigenvalue weighted by Gasteiger charge is 2.11. The normalized spacial score (nSPS) is 12.3. The fourth-order valence-corrected chi connectivity index (χ4v) is 1.28. The number of nitrogens with one attached hydrogen (secondary N) is 1. The molecule has 0 fully saturated rings. The van der Waals surface area contributed by atoms with Gasteiger partial charge in [0, 0.05) is 25.7 Å². The second kappa shape index (κ2) is 7.62. The first-order valence-electron chi connectivity index (χ1n) is 5.31. The number of hydrogen-bond donors (Lipinski definition) is 2. The van der Waals surface area contributed by atoms with Crippen LogP contribution < -0.4 is 5.32 Å². The van der Waals surface area contributed by atoms with Gasteiger partial charge in [0.05, 0.1) is 0 Å². The number of carbonyl (C=O) groups excluding carboxylic acids is 1. The zero-order valence-electron chi connectivity index (χ0n) is 9.42. The Labute approximate surface area is 86.3 Å². The average molecular weight is 202 g/mol. The highest BCUT2D eigenvalue weighted by atomic mass is 16.3. The van der Waals surface area contributed by atoms with E-state index < -0.39 is 0 Å². The molecular weight excluding hydrogens is 180 g/mol. The van der Waals surface area contributed by atoms with Gasteiger partial charge in [-0.05, 0) is 33.6 Å². The van der Waals surface area contributed by atoms with Crippen LogP contribution >= 0.6 is 0 Å². The van der Waals surface area contributed by atoms with Crippen LogP contribution in [0.2, 0.25) is 0 Å². The number of aliphatic hydroxyl groups is 1. The van der Waals surface area contributed by atoms with Gasteiger partial charge >= 0.3 is 6.03 Å². The molecular formula is C10H22N2O2. The van der Waals surface area contributed by atoms with E-state index in [2.05, 4.69) is 5.32 Å². The maximum atomic E-state index is 11.5. The number of nitrogens with zero attached hydrogens (tertiary/aromatic N) is 1. The first-order chi connectivity index (χ1) is 6.65. The fraction of sp³-hybridized carbons (Fsp3) is 0.900. The van der Waals surface area contributed by atoms with Gasteiger partial charge in [0.25, 0.3) is 0 Å². The van der Waals surface area contributed by atoms with Crippen LogP contribution in [0.1, 0.15) is 33.6 Å². The van der Waals surface area contributed by atoms with Crippen LogP contribution in [-0.2, 0) is 0 Å². The molecule has 4 heteroatoms.